The minimum Gasteiger partial charge on any atom is -0.490 e. The van der Waals surface area contributed by atoms with Crippen molar-refractivity contribution in [3.63, 3.8) is 0 Å². The smallest absolute Gasteiger partial charge is 0.341 e. The number of aliphatic carboxylic acids is 1. The van der Waals surface area contributed by atoms with Crippen LogP contribution >= 0.6 is 11.6 Å². The number of benzene rings is 2. The molecule has 250 valence electrons. The lowest BCUT2D eigenvalue weighted by molar-refractivity contribution is -0.184. The molecule has 6 atom stereocenters. The average Bonchev–Trinajstić information content (AvgIpc) is 3.11. The van der Waals surface area contributed by atoms with Crippen molar-refractivity contribution < 1.29 is 34.4 Å². The van der Waals surface area contributed by atoms with Crippen LogP contribution in [-0.2, 0) is 31.8 Å². The number of carbonyl (C=O) groups is 2. The van der Waals surface area contributed by atoms with E-state index in [1.807, 2.05) is 31.2 Å². The monoisotopic (exact) mass is 653 g/mol. The molecular formula is C37H48ClNO7. The Hall–Kier alpha value is -3.07. The Balaban J connectivity index is 1.59. The van der Waals surface area contributed by atoms with E-state index in [0.717, 1.165) is 32.1 Å². The van der Waals surface area contributed by atoms with Crippen molar-refractivity contribution >= 4 is 29.2 Å². The predicted octanol–water partition coefficient (Wildman–Crippen LogP) is 6.42. The number of carboxylic acid groups (broad SMARTS) is 1. The molecule has 1 fully saturated rings. The first-order valence-electron chi connectivity index (χ1n) is 16.5. The van der Waals surface area contributed by atoms with Crippen molar-refractivity contribution in [1.82, 2.24) is 0 Å². The number of carbonyl (C=O) groups excluding carboxylic acids is 1. The maximum absolute atomic E-state index is 13.3. The van der Waals surface area contributed by atoms with Crippen LogP contribution in [0.2, 0.25) is 5.02 Å². The van der Waals surface area contributed by atoms with Crippen LogP contribution in [0, 0.1) is 17.8 Å². The van der Waals surface area contributed by atoms with Gasteiger partial charge in [-0.1, -0.05) is 42.8 Å². The summed E-state index contributed by atoms with van der Waals surface area (Å²) < 4.78 is 12.1. The van der Waals surface area contributed by atoms with Crippen LogP contribution in [0.4, 0.5) is 5.69 Å². The topological polar surface area (TPSA) is 117 Å². The molecule has 2 aliphatic carbocycles. The Morgan fingerprint density at radius 3 is 2.59 bits per heavy atom. The van der Waals surface area contributed by atoms with E-state index in [0.29, 0.717) is 36.2 Å². The summed E-state index contributed by atoms with van der Waals surface area (Å²) in [5.74, 6) is -2.73. The highest BCUT2D eigenvalue weighted by Crippen LogP contribution is 2.48. The SMILES string of the molecule is C/C=C/[C@H](O)[C@@H]1CC[C@H]1CN1C[C@@]2(CCCc3cc(Cl)ccc32)COc2ccc([C@](O)(C(=O)O)[C@@H](CC)C(=O)OC(C)(C)C)cc21. The first-order chi connectivity index (χ1) is 21.7. The highest BCUT2D eigenvalue weighted by atomic mass is 35.5. The molecule has 8 nitrogen and oxygen atoms in total. The number of esters is 1. The number of aliphatic hydroxyl groups excluding tert-OH is 1. The second-order valence-corrected chi connectivity index (χ2v) is 14.8. The third kappa shape index (κ3) is 6.54. The molecule has 5 rings (SSSR count). The standard InChI is InChI=1S/C37H48ClNO7/c1-6-9-31(40)27-14-11-24(27)20-39-21-36(17-8-10-23-18-26(38)13-15-29(23)36)22-45-32-16-12-25(19-30(32)39)37(44,34(42)43)28(7-2)33(41)46-35(3,4)5/h6,9,12-13,15-16,18-19,24,27-28,31,40,44H,7-8,10-11,14,17,20-22H2,1-5H3,(H,42,43)/b9-6+/t24-,27+,28-,31-,36-,37+/m0/s1. The number of anilines is 1. The second kappa shape index (κ2) is 13.2. The number of hydrogen-bond donors (Lipinski definition) is 3. The normalized spacial score (nSPS) is 25.3. The summed E-state index contributed by atoms with van der Waals surface area (Å²) in [6.07, 6.45) is 7.93. The van der Waals surface area contributed by atoms with Gasteiger partial charge in [0.1, 0.15) is 17.3 Å². The third-order valence-electron chi connectivity index (χ3n) is 10.2. The quantitative estimate of drug-likeness (QED) is 0.210. The predicted molar refractivity (Wildman–Crippen MR) is 178 cm³/mol. The van der Waals surface area contributed by atoms with Crippen LogP contribution in [0.3, 0.4) is 0 Å². The number of fused-ring (bicyclic) bond motifs is 3. The zero-order valence-corrected chi connectivity index (χ0v) is 28.3. The molecule has 46 heavy (non-hydrogen) atoms. The van der Waals surface area contributed by atoms with Gasteiger partial charge < -0.3 is 29.7 Å². The van der Waals surface area contributed by atoms with Crippen LogP contribution in [-0.4, -0.2) is 58.7 Å². The fourth-order valence-electron chi connectivity index (χ4n) is 7.72. The van der Waals surface area contributed by atoms with E-state index in [1.54, 1.807) is 45.9 Å². The van der Waals surface area contributed by atoms with Crippen LogP contribution in [0.15, 0.2) is 48.6 Å². The molecule has 0 bridgehead atoms. The van der Waals surface area contributed by atoms with E-state index in [9.17, 15) is 24.9 Å². The van der Waals surface area contributed by atoms with Crippen molar-refractivity contribution in [2.24, 2.45) is 17.8 Å². The zero-order chi connectivity index (χ0) is 33.4. The van der Waals surface area contributed by atoms with E-state index in [2.05, 4.69) is 11.0 Å². The summed E-state index contributed by atoms with van der Waals surface area (Å²) in [5, 5.41) is 34.0. The van der Waals surface area contributed by atoms with Gasteiger partial charge in [-0.3, -0.25) is 4.79 Å². The van der Waals surface area contributed by atoms with E-state index in [-0.39, 0.29) is 29.2 Å². The molecule has 1 spiro atoms. The van der Waals surface area contributed by atoms with Gasteiger partial charge in [0, 0.05) is 23.5 Å². The Bertz CT molecular complexity index is 1480. The number of aryl methyl sites for hydroxylation is 1. The van der Waals surface area contributed by atoms with Gasteiger partial charge in [0.15, 0.2) is 0 Å². The van der Waals surface area contributed by atoms with E-state index >= 15 is 0 Å². The lowest BCUT2D eigenvalue weighted by atomic mass is 9.68. The first-order valence-corrected chi connectivity index (χ1v) is 16.9. The van der Waals surface area contributed by atoms with Gasteiger partial charge in [0.25, 0.3) is 0 Å². The van der Waals surface area contributed by atoms with Crippen molar-refractivity contribution in [3.8, 4) is 5.75 Å². The van der Waals surface area contributed by atoms with E-state index in [1.165, 1.54) is 11.1 Å². The molecule has 0 saturated heterocycles. The number of carboxylic acids is 1. The Labute approximate surface area is 277 Å². The number of aliphatic hydroxyl groups is 2. The summed E-state index contributed by atoms with van der Waals surface area (Å²) in [6.45, 7) is 10.4. The van der Waals surface area contributed by atoms with E-state index < -0.39 is 35.2 Å². The van der Waals surface area contributed by atoms with Crippen LogP contribution < -0.4 is 9.64 Å². The molecule has 2 aromatic carbocycles. The number of rotatable bonds is 9. The Morgan fingerprint density at radius 1 is 1.20 bits per heavy atom. The van der Waals surface area contributed by atoms with Crippen molar-refractivity contribution in [3.05, 3.63) is 70.3 Å². The average molecular weight is 654 g/mol. The largest absolute Gasteiger partial charge is 0.490 e. The first kappa shape index (κ1) is 34.3. The molecule has 0 radical (unpaired) electrons. The number of ether oxygens (including phenoxy) is 2. The molecule has 2 aromatic rings. The van der Waals surface area contributed by atoms with Crippen LogP contribution in [0.25, 0.3) is 0 Å². The second-order valence-electron chi connectivity index (χ2n) is 14.4. The minimum absolute atomic E-state index is 0.0596. The van der Waals surface area contributed by atoms with E-state index in [4.69, 9.17) is 21.1 Å². The molecule has 0 unspecified atom stereocenters. The molecule has 3 aliphatic rings. The Kier molecular flexibility index (Phi) is 9.84. The summed E-state index contributed by atoms with van der Waals surface area (Å²) >= 11 is 6.41. The molecule has 0 aromatic heterocycles. The van der Waals surface area contributed by atoms with Crippen LogP contribution in [0.5, 0.6) is 5.75 Å². The minimum atomic E-state index is -2.53. The highest BCUT2D eigenvalue weighted by Gasteiger charge is 2.51. The molecule has 1 heterocycles. The molecule has 1 aliphatic heterocycles. The molecule has 0 amide bonds. The van der Waals surface area contributed by atoms with Gasteiger partial charge in [0.05, 0.1) is 18.4 Å². The number of halogens is 1. The molecule has 3 N–H and O–H groups in total. The summed E-state index contributed by atoms with van der Waals surface area (Å²) in [7, 11) is 0. The van der Waals surface area contributed by atoms with Gasteiger partial charge in [-0.25, -0.2) is 4.79 Å². The maximum atomic E-state index is 13.3. The van der Waals surface area contributed by atoms with Gasteiger partial charge in [-0.15, -0.1) is 0 Å². The highest BCUT2D eigenvalue weighted by molar-refractivity contribution is 6.30. The number of nitrogens with zero attached hydrogens (tertiary/aromatic N) is 1. The molecular weight excluding hydrogens is 606 g/mol. The zero-order valence-electron chi connectivity index (χ0n) is 27.6. The fourth-order valence-corrected chi connectivity index (χ4v) is 7.92. The van der Waals surface area contributed by atoms with Gasteiger partial charge in [0.2, 0.25) is 5.60 Å². The van der Waals surface area contributed by atoms with Crippen molar-refractivity contribution in [2.45, 2.75) is 95.9 Å². The molecule has 1 saturated carbocycles. The van der Waals surface area contributed by atoms with Gasteiger partial charge in [-0.05, 0) is 119 Å². The summed E-state index contributed by atoms with van der Waals surface area (Å²) in [6, 6.07) is 11.0. The Morgan fingerprint density at radius 2 is 1.96 bits per heavy atom. The summed E-state index contributed by atoms with van der Waals surface area (Å²) in [4.78, 5) is 28.4. The lowest BCUT2D eigenvalue weighted by Crippen LogP contribution is -2.50. The van der Waals surface area contributed by atoms with Crippen LogP contribution in [0.1, 0.15) is 83.4 Å². The van der Waals surface area contributed by atoms with Crippen molar-refractivity contribution in [2.75, 3.05) is 24.6 Å². The number of hydrogen-bond acceptors (Lipinski definition) is 7. The third-order valence-corrected chi connectivity index (χ3v) is 10.4. The van der Waals surface area contributed by atoms with Gasteiger partial charge in [-0.2, -0.15) is 0 Å². The maximum Gasteiger partial charge on any atom is 0.341 e. The number of allylic oxidation sites excluding steroid dienone is 1. The summed E-state index contributed by atoms with van der Waals surface area (Å²) in [5.41, 5.74) is -0.549. The molecule has 9 heteroatoms. The van der Waals surface area contributed by atoms with Crippen molar-refractivity contribution in [1.29, 1.82) is 0 Å². The lowest BCUT2D eigenvalue weighted by Gasteiger charge is -2.45. The van der Waals surface area contributed by atoms with Gasteiger partial charge >= 0.3 is 11.9 Å². The fraction of sp³-hybridized carbons (Fsp3) is 0.568.